The van der Waals surface area contributed by atoms with Crippen LogP contribution in [0.2, 0.25) is 0 Å². The second-order valence-corrected chi connectivity index (χ2v) is 7.72. The fourth-order valence-electron chi connectivity index (χ4n) is 3.44. The summed E-state index contributed by atoms with van der Waals surface area (Å²) in [5.74, 6) is 0. The van der Waals surface area contributed by atoms with E-state index in [2.05, 4.69) is 72.3 Å². The molecule has 1 nitrogen and oxygen atoms in total. The molecule has 2 aromatic heterocycles. The van der Waals surface area contributed by atoms with Crippen LogP contribution in [0.4, 0.5) is 0 Å². The van der Waals surface area contributed by atoms with Gasteiger partial charge in [-0.1, -0.05) is 0 Å². The Morgan fingerprint density at radius 2 is 1.43 bits per heavy atom. The van der Waals surface area contributed by atoms with E-state index in [1.165, 1.54) is 36.8 Å². The number of aromatic nitrogens is 1. The molecule has 5 rings (SSSR count). The van der Waals surface area contributed by atoms with Crippen molar-refractivity contribution in [1.29, 1.82) is 0 Å². The Bertz CT molecular complexity index is 1140. The van der Waals surface area contributed by atoms with Gasteiger partial charge in [0.25, 0.3) is 0 Å². The summed E-state index contributed by atoms with van der Waals surface area (Å²) in [4.78, 5) is 0. The van der Waals surface area contributed by atoms with Gasteiger partial charge >= 0.3 is 128 Å². The van der Waals surface area contributed by atoms with Crippen molar-refractivity contribution in [2.24, 2.45) is 7.05 Å². The van der Waals surface area contributed by atoms with E-state index in [1.54, 1.807) is 4.26 Å². The molecule has 21 heavy (non-hydrogen) atoms. The van der Waals surface area contributed by atoms with Gasteiger partial charge in [-0.05, 0) is 0 Å². The van der Waals surface area contributed by atoms with Crippen molar-refractivity contribution >= 4 is 55.6 Å². The van der Waals surface area contributed by atoms with E-state index in [-0.39, 0.29) is 0 Å². The van der Waals surface area contributed by atoms with E-state index in [9.17, 15) is 0 Å². The standard InChI is InChI=1S/C19H13NSe/c1-20-16-8-4-2-6-12(16)14-10-11-15-13-7-3-5-9-17(13)21-19(15)18(14)20/h2-11H,1H3. The number of aryl methyl sites for hydroxylation is 1. The van der Waals surface area contributed by atoms with Crippen LogP contribution in [0, 0.1) is 0 Å². The maximum absolute atomic E-state index is 2.37. The molecule has 0 unspecified atom stereocenters. The molecule has 0 N–H and O–H groups in total. The summed E-state index contributed by atoms with van der Waals surface area (Å²) in [5, 5.41) is 5.62. The number of rotatable bonds is 0. The molecule has 0 amide bonds. The fourth-order valence-corrected chi connectivity index (χ4v) is 6.14. The van der Waals surface area contributed by atoms with E-state index in [0.29, 0.717) is 14.5 Å². The minimum atomic E-state index is 0.410. The SMILES string of the molecule is Cn1c2ccccc2c2ccc3c4ccccc4[se]c3c21. The van der Waals surface area contributed by atoms with E-state index in [0.717, 1.165) is 0 Å². The number of hydrogen-bond acceptors (Lipinski definition) is 0. The van der Waals surface area contributed by atoms with Crippen molar-refractivity contribution in [3.8, 4) is 0 Å². The third kappa shape index (κ3) is 1.41. The fraction of sp³-hybridized carbons (Fsp3) is 0.0526. The Balaban J connectivity index is 2.14. The quantitative estimate of drug-likeness (QED) is 0.362. The summed E-state index contributed by atoms with van der Waals surface area (Å²) in [7, 11) is 2.20. The first kappa shape index (κ1) is 11.6. The third-order valence-electron chi connectivity index (χ3n) is 4.41. The van der Waals surface area contributed by atoms with Gasteiger partial charge in [-0.3, -0.25) is 0 Å². The molecule has 100 valence electrons. The molecular formula is C19H13NSe. The Kier molecular flexibility index (Phi) is 2.22. The molecule has 0 atom stereocenters. The molecule has 0 fully saturated rings. The average Bonchev–Trinajstić information content (AvgIpc) is 3.04. The second-order valence-electron chi connectivity index (χ2n) is 5.51. The molecule has 0 saturated heterocycles. The topological polar surface area (TPSA) is 4.93 Å². The molecule has 0 bridgehead atoms. The van der Waals surface area contributed by atoms with E-state index in [1.807, 2.05) is 0 Å². The van der Waals surface area contributed by atoms with Crippen LogP contribution in [-0.2, 0) is 7.05 Å². The van der Waals surface area contributed by atoms with Crippen molar-refractivity contribution in [1.82, 2.24) is 4.57 Å². The summed E-state index contributed by atoms with van der Waals surface area (Å²) in [5.41, 5.74) is 2.75. The second kappa shape index (κ2) is 4.00. The summed E-state index contributed by atoms with van der Waals surface area (Å²) in [6.07, 6.45) is 0. The van der Waals surface area contributed by atoms with E-state index < -0.39 is 0 Å². The first-order valence-electron chi connectivity index (χ1n) is 7.12. The number of fused-ring (bicyclic) bond motifs is 7. The first-order chi connectivity index (χ1) is 10.3. The van der Waals surface area contributed by atoms with Crippen molar-refractivity contribution < 1.29 is 0 Å². The Morgan fingerprint density at radius 1 is 0.714 bits per heavy atom. The van der Waals surface area contributed by atoms with Crippen LogP contribution in [0.15, 0.2) is 60.7 Å². The summed E-state index contributed by atoms with van der Waals surface area (Å²) in [6, 6.07) is 22.2. The van der Waals surface area contributed by atoms with Crippen molar-refractivity contribution in [3.05, 3.63) is 60.7 Å². The van der Waals surface area contributed by atoms with Crippen LogP contribution >= 0.6 is 0 Å². The van der Waals surface area contributed by atoms with Gasteiger partial charge in [0.1, 0.15) is 0 Å². The van der Waals surface area contributed by atoms with Crippen LogP contribution < -0.4 is 0 Å². The molecule has 0 aliphatic heterocycles. The van der Waals surface area contributed by atoms with Crippen LogP contribution in [0.5, 0.6) is 0 Å². The zero-order valence-electron chi connectivity index (χ0n) is 11.6. The Labute approximate surface area is 128 Å². The van der Waals surface area contributed by atoms with Crippen molar-refractivity contribution in [2.75, 3.05) is 0 Å². The molecule has 0 aliphatic carbocycles. The monoisotopic (exact) mass is 335 g/mol. The molecule has 0 spiro atoms. The van der Waals surface area contributed by atoms with Crippen LogP contribution in [-0.4, -0.2) is 19.1 Å². The average molecular weight is 334 g/mol. The molecule has 2 heterocycles. The molecule has 5 aromatic rings. The predicted molar refractivity (Wildman–Crippen MR) is 92.4 cm³/mol. The van der Waals surface area contributed by atoms with Crippen LogP contribution in [0.1, 0.15) is 0 Å². The summed E-state index contributed by atoms with van der Waals surface area (Å²) < 4.78 is 5.43. The van der Waals surface area contributed by atoms with E-state index >= 15 is 0 Å². The number of benzene rings is 3. The summed E-state index contributed by atoms with van der Waals surface area (Å²) in [6.45, 7) is 0. The van der Waals surface area contributed by atoms with Gasteiger partial charge < -0.3 is 0 Å². The summed E-state index contributed by atoms with van der Waals surface area (Å²) >= 11 is 0.410. The maximum atomic E-state index is 2.37. The van der Waals surface area contributed by atoms with Gasteiger partial charge in [0, 0.05) is 0 Å². The zero-order chi connectivity index (χ0) is 14.0. The van der Waals surface area contributed by atoms with Gasteiger partial charge in [0.15, 0.2) is 0 Å². The van der Waals surface area contributed by atoms with Gasteiger partial charge in [0.2, 0.25) is 0 Å². The predicted octanol–water partition coefficient (Wildman–Crippen LogP) is 4.69. The molecule has 3 aromatic carbocycles. The molecule has 0 radical (unpaired) electrons. The zero-order valence-corrected chi connectivity index (χ0v) is 13.3. The minimum absolute atomic E-state index is 0.410. The van der Waals surface area contributed by atoms with Crippen molar-refractivity contribution in [2.45, 2.75) is 0 Å². The third-order valence-corrected chi connectivity index (χ3v) is 6.92. The Morgan fingerprint density at radius 3 is 2.33 bits per heavy atom. The molecule has 0 aliphatic rings. The van der Waals surface area contributed by atoms with Gasteiger partial charge in [-0.2, -0.15) is 0 Å². The molecule has 2 heteroatoms. The van der Waals surface area contributed by atoms with E-state index in [4.69, 9.17) is 0 Å². The van der Waals surface area contributed by atoms with Gasteiger partial charge in [-0.15, -0.1) is 0 Å². The number of nitrogens with zero attached hydrogens (tertiary/aromatic N) is 1. The molecule has 0 saturated carbocycles. The van der Waals surface area contributed by atoms with Gasteiger partial charge in [-0.25, -0.2) is 0 Å². The number of hydrogen-bond donors (Lipinski definition) is 0. The first-order valence-corrected chi connectivity index (χ1v) is 8.83. The van der Waals surface area contributed by atoms with Crippen LogP contribution in [0.25, 0.3) is 41.1 Å². The number of para-hydroxylation sites is 1. The van der Waals surface area contributed by atoms with Crippen LogP contribution in [0.3, 0.4) is 0 Å². The Hall–Kier alpha value is -2.02. The van der Waals surface area contributed by atoms with Crippen molar-refractivity contribution in [3.63, 3.8) is 0 Å². The normalized spacial score (nSPS) is 12.0. The van der Waals surface area contributed by atoms with Gasteiger partial charge in [0.05, 0.1) is 0 Å². The molecular weight excluding hydrogens is 321 g/mol.